The molecule has 2 fully saturated rings. The second-order valence-corrected chi connectivity index (χ2v) is 14.0. The van der Waals surface area contributed by atoms with Crippen LogP contribution in [0.5, 0.6) is 0 Å². The Hall–Kier alpha value is -4.82. The lowest BCUT2D eigenvalue weighted by Crippen LogP contribution is -2.46. The van der Waals surface area contributed by atoms with Gasteiger partial charge in [-0.25, -0.2) is 8.78 Å². The number of H-pyrrole nitrogens is 2. The summed E-state index contributed by atoms with van der Waals surface area (Å²) in [6.07, 6.45) is 1.14. The molecule has 2 saturated heterocycles. The lowest BCUT2D eigenvalue weighted by Gasteiger charge is -2.27. The number of halogens is 2. The highest BCUT2D eigenvalue weighted by atomic mass is 19.1. The molecule has 0 bridgehead atoms. The third kappa shape index (κ3) is 7.40. The van der Waals surface area contributed by atoms with Crippen LogP contribution in [0.2, 0.25) is 0 Å². The molecule has 4 heterocycles. The van der Waals surface area contributed by atoms with E-state index in [9.17, 15) is 28.0 Å². The number of nitrogens with one attached hydrogen (secondary N) is 2. The number of benzene rings is 2. The smallest absolute Gasteiger partial charge is 0.302 e. The molecule has 0 aliphatic carbocycles. The number of carbonyl (C=O) groups is 4. The van der Waals surface area contributed by atoms with Gasteiger partial charge in [0.1, 0.15) is 23.8 Å². The summed E-state index contributed by atoms with van der Waals surface area (Å²) in [6, 6.07) is 6.58. The highest BCUT2D eigenvalue weighted by Crippen LogP contribution is 2.40. The van der Waals surface area contributed by atoms with E-state index in [1.807, 2.05) is 13.8 Å². The zero-order chi connectivity index (χ0) is 37.4. The van der Waals surface area contributed by atoms with Crippen LogP contribution in [0, 0.1) is 11.6 Å². The number of ether oxygens (including phenoxy) is 2. The molecule has 0 saturated carbocycles. The number of hydrogen-bond donors (Lipinski definition) is 4. The number of nitrogens with two attached hydrogens (primary N) is 2. The number of likely N-dealkylation sites (tertiary alicyclic amines) is 2. The van der Waals surface area contributed by atoms with Gasteiger partial charge in [-0.2, -0.15) is 0 Å². The molecular formula is C38H46F2N6O6. The van der Waals surface area contributed by atoms with Gasteiger partial charge in [-0.3, -0.25) is 19.2 Å². The molecule has 0 radical (unpaired) electrons. The lowest BCUT2D eigenvalue weighted by atomic mass is 9.94. The molecule has 0 spiro atoms. The van der Waals surface area contributed by atoms with E-state index in [4.69, 9.17) is 20.9 Å². The summed E-state index contributed by atoms with van der Waals surface area (Å²) in [7, 11) is 0. The predicted octanol–water partition coefficient (Wildman–Crippen LogP) is 4.22. The quantitative estimate of drug-likeness (QED) is 0.167. The topological polar surface area (TPSA) is 177 Å². The average molecular weight is 721 g/mol. The van der Waals surface area contributed by atoms with Gasteiger partial charge in [0.25, 0.3) is 0 Å². The van der Waals surface area contributed by atoms with Crippen LogP contribution in [0.1, 0.15) is 64.5 Å². The van der Waals surface area contributed by atoms with E-state index in [2.05, 4.69) is 9.97 Å². The molecule has 12 nitrogen and oxygen atoms in total. The van der Waals surface area contributed by atoms with Crippen LogP contribution in [0.4, 0.5) is 8.78 Å². The van der Waals surface area contributed by atoms with Gasteiger partial charge in [-0.05, 0) is 73.2 Å². The van der Waals surface area contributed by atoms with Crippen molar-refractivity contribution < 1.29 is 37.4 Å². The maximum absolute atomic E-state index is 14.7. The summed E-state index contributed by atoms with van der Waals surface area (Å²) in [5, 5.41) is 1.44. The fourth-order valence-corrected chi connectivity index (χ4v) is 7.87. The minimum absolute atomic E-state index is 0.189. The number of fused-ring (bicyclic) bond motifs is 2. The van der Waals surface area contributed by atoms with Crippen molar-refractivity contribution in [2.75, 3.05) is 13.1 Å². The number of amides is 2. The molecule has 4 aromatic rings. The second kappa shape index (κ2) is 15.0. The van der Waals surface area contributed by atoms with Crippen LogP contribution in [-0.2, 0) is 41.5 Å². The molecule has 2 aromatic carbocycles. The molecule has 2 aliphatic rings. The van der Waals surface area contributed by atoms with E-state index >= 15 is 0 Å². The van der Waals surface area contributed by atoms with Crippen LogP contribution < -0.4 is 11.5 Å². The van der Waals surface area contributed by atoms with Crippen LogP contribution in [0.3, 0.4) is 0 Å². The number of rotatable bonds is 11. The number of carbonyl (C=O) groups excluding carboxylic acids is 4. The first kappa shape index (κ1) is 37.0. The standard InChI is InChI=1S/C38H46F2N6O6/c1-5-31(41)37(49)45-17-25(51-19(3)47)13-23(45)15-29-27-9-7-21(39)11-33(27)43-35(29)36-30(28-10-8-22(40)12-34(28)44-36)16-24-14-26(52-20(4)48)18-46(24)38(50)32(42)6-2/h7-12,23-26,31-32,43-44H,5-6,13-18,41-42H2,1-4H3/t23-,24-,25-,26-,31-,32-/m0/s1. The molecule has 0 unspecified atom stereocenters. The third-order valence-electron chi connectivity index (χ3n) is 10.4. The van der Waals surface area contributed by atoms with E-state index in [1.54, 1.807) is 21.9 Å². The highest BCUT2D eigenvalue weighted by molar-refractivity contribution is 5.96. The number of aromatic nitrogens is 2. The van der Waals surface area contributed by atoms with Gasteiger partial charge in [0.15, 0.2) is 0 Å². The Labute approximate surface area is 300 Å². The van der Waals surface area contributed by atoms with Gasteiger partial charge in [-0.1, -0.05) is 13.8 Å². The number of nitrogens with zero attached hydrogens (tertiary/aromatic N) is 2. The van der Waals surface area contributed by atoms with E-state index in [1.165, 1.54) is 38.1 Å². The molecule has 14 heteroatoms. The van der Waals surface area contributed by atoms with Gasteiger partial charge in [-0.15, -0.1) is 0 Å². The largest absolute Gasteiger partial charge is 0.461 e. The zero-order valence-corrected chi connectivity index (χ0v) is 29.8. The molecule has 2 aliphatic heterocycles. The van der Waals surface area contributed by atoms with Crippen molar-refractivity contribution in [1.82, 2.24) is 19.8 Å². The first-order valence-electron chi connectivity index (χ1n) is 17.8. The van der Waals surface area contributed by atoms with Gasteiger partial charge < -0.3 is 40.7 Å². The normalized spacial score (nSPS) is 21.5. The van der Waals surface area contributed by atoms with E-state index < -0.39 is 59.9 Å². The highest BCUT2D eigenvalue weighted by Gasteiger charge is 2.41. The fourth-order valence-electron chi connectivity index (χ4n) is 7.87. The first-order valence-corrected chi connectivity index (χ1v) is 17.8. The van der Waals surface area contributed by atoms with Crippen molar-refractivity contribution in [1.29, 1.82) is 0 Å². The molecule has 2 amide bonds. The minimum atomic E-state index is -0.737. The number of aromatic amines is 2. The monoisotopic (exact) mass is 720 g/mol. The number of hydrogen-bond acceptors (Lipinski definition) is 8. The van der Waals surface area contributed by atoms with E-state index in [0.29, 0.717) is 60.9 Å². The Morgan fingerprint density at radius 2 is 1.12 bits per heavy atom. The van der Waals surface area contributed by atoms with Crippen LogP contribution >= 0.6 is 0 Å². The Bertz CT molecular complexity index is 1870. The maximum atomic E-state index is 14.7. The Kier molecular flexibility index (Phi) is 10.7. The molecule has 2 aromatic heterocycles. The summed E-state index contributed by atoms with van der Waals surface area (Å²) in [5.41, 5.74) is 16.2. The predicted molar refractivity (Wildman–Crippen MR) is 191 cm³/mol. The van der Waals surface area contributed by atoms with Crippen LogP contribution in [0.15, 0.2) is 36.4 Å². The second-order valence-electron chi connectivity index (χ2n) is 14.0. The van der Waals surface area contributed by atoms with Crippen molar-refractivity contribution >= 4 is 45.6 Å². The summed E-state index contributed by atoms with van der Waals surface area (Å²) >= 11 is 0. The van der Waals surface area contributed by atoms with Gasteiger partial charge >= 0.3 is 11.9 Å². The van der Waals surface area contributed by atoms with Gasteiger partial charge in [0, 0.05) is 60.6 Å². The molecule has 52 heavy (non-hydrogen) atoms. The SMILES string of the molecule is CC[C@H](N)C(=O)N1C[C@@H](OC(C)=O)C[C@H]1Cc1c(-c2[nH]c3cc(F)ccc3c2C[C@@H]2C[C@H](OC(C)=O)CN2C(=O)[C@@H](N)CC)[nH]c2cc(F)ccc12. The van der Waals surface area contributed by atoms with Crippen molar-refractivity contribution in [2.24, 2.45) is 11.5 Å². The van der Waals surface area contributed by atoms with Crippen molar-refractivity contribution in [3.8, 4) is 11.4 Å². The Morgan fingerprint density at radius 3 is 1.46 bits per heavy atom. The molecule has 6 rings (SSSR count). The molecule has 6 atom stereocenters. The van der Waals surface area contributed by atoms with Crippen molar-refractivity contribution in [2.45, 2.75) is 103 Å². The van der Waals surface area contributed by atoms with Crippen molar-refractivity contribution in [3.63, 3.8) is 0 Å². The van der Waals surface area contributed by atoms with E-state index in [-0.39, 0.29) is 24.9 Å². The Balaban J connectivity index is 1.47. The third-order valence-corrected chi connectivity index (χ3v) is 10.4. The first-order chi connectivity index (χ1) is 24.8. The Morgan fingerprint density at radius 1 is 0.731 bits per heavy atom. The summed E-state index contributed by atoms with van der Waals surface area (Å²) in [4.78, 5) is 61.1. The van der Waals surface area contributed by atoms with Crippen LogP contribution in [-0.4, -0.2) is 93.0 Å². The summed E-state index contributed by atoms with van der Waals surface area (Å²) in [5.74, 6) is -2.31. The fraction of sp³-hybridized carbons (Fsp3) is 0.474. The van der Waals surface area contributed by atoms with E-state index in [0.717, 1.165) is 21.9 Å². The lowest BCUT2D eigenvalue weighted by molar-refractivity contribution is -0.147. The summed E-state index contributed by atoms with van der Waals surface area (Å²) < 4.78 is 40.5. The zero-order valence-electron chi connectivity index (χ0n) is 29.8. The molecule has 6 N–H and O–H groups in total. The molecule has 278 valence electrons. The van der Waals surface area contributed by atoms with Crippen LogP contribution in [0.25, 0.3) is 33.2 Å². The van der Waals surface area contributed by atoms with Gasteiger partial charge in [0.2, 0.25) is 11.8 Å². The number of esters is 2. The molecular weight excluding hydrogens is 674 g/mol. The average Bonchev–Trinajstić information content (AvgIpc) is 3.86. The minimum Gasteiger partial charge on any atom is -0.461 e. The maximum Gasteiger partial charge on any atom is 0.302 e. The van der Waals surface area contributed by atoms with Gasteiger partial charge in [0.05, 0.1) is 36.6 Å². The summed E-state index contributed by atoms with van der Waals surface area (Å²) in [6.45, 7) is 6.69. The van der Waals surface area contributed by atoms with Crippen molar-refractivity contribution in [3.05, 3.63) is 59.2 Å².